The Balaban J connectivity index is 1.46. The average Bonchev–Trinajstić information content (AvgIpc) is 2.88. The predicted octanol–water partition coefficient (Wildman–Crippen LogP) is 5.91. The van der Waals surface area contributed by atoms with Crippen LogP contribution in [0.2, 0.25) is 0 Å². The second kappa shape index (κ2) is 9.94. The Bertz CT molecular complexity index is 1430. The van der Waals surface area contributed by atoms with Crippen molar-refractivity contribution in [1.29, 1.82) is 0 Å². The minimum Gasteiger partial charge on any atom is -0.293 e. The fraction of sp³-hybridized carbons (Fsp3) is 0.241. The summed E-state index contributed by atoms with van der Waals surface area (Å²) in [7, 11) is 0. The van der Waals surface area contributed by atoms with Gasteiger partial charge in [0, 0.05) is 30.8 Å². The summed E-state index contributed by atoms with van der Waals surface area (Å²) in [4.78, 5) is 20.5. The summed E-state index contributed by atoms with van der Waals surface area (Å²) in [5.41, 5.74) is 2.23. The zero-order chi connectivity index (χ0) is 26.2. The first kappa shape index (κ1) is 24.9. The first-order valence-electron chi connectivity index (χ1n) is 12.0. The van der Waals surface area contributed by atoms with Gasteiger partial charge in [-0.05, 0) is 36.6 Å². The maximum atomic E-state index is 14.4. The van der Waals surface area contributed by atoms with Crippen LogP contribution in [0.4, 0.5) is 17.6 Å². The van der Waals surface area contributed by atoms with Crippen molar-refractivity contribution in [3.8, 4) is 0 Å². The van der Waals surface area contributed by atoms with Gasteiger partial charge in [-0.15, -0.1) is 0 Å². The normalized spacial score (nSPS) is 14.1. The minimum atomic E-state index is -4.60. The standard InChI is InChI=1S/C29H25F4N3O/c1-19-34-26-18-35(17-22-12-13-23(16-25(22)30)29(31,32)33)15-14-24(26)28(37)36(19)27(20-8-4-2-5-9-20)21-10-6-3-7-11-21/h2-13,16,27H,14-15,17-18H2,1H3. The van der Waals surface area contributed by atoms with E-state index in [1.165, 1.54) is 6.07 Å². The largest absolute Gasteiger partial charge is 0.416 e. The summed E-state index contributed by atoms with van der Waals surface area (Å²) in [5, 5.41) is 0. The molecule has 1 aliphatic rings. The fourth-order valence-corrected chi connectivity index (χ4v) is 4.97. The lowest BCUT2D eigenvalue weighted by atomic mass is 9.97. The topological polar surface area (TPSA) is 38.1 Å². The van der Waals surface area contributed by atoms with Crippen LogP contribution in [-0.2, 0) is 25.7 Å². The van der Waals surface area contributed by atoms with Gasteiger partial charge in [0.2, 0.25) is 0 Å². The Morgan fingerprint density at radius 2 is 1.57 bits per heavy atom. The molecule has 1 aliphatic heterocycles. The molecule has 0 saturated carbocycles. The summed E-state index contributed by atoms with van der Waals surface area (Å²) in [5.74, 6) is -0.335. The monoisotopic (exact) mass is 507 g/mol. The third kappa shape index (κ3) is 5.06. The molecule has 1 aromatic heterocycles. The molecular formula is C29H25F4N3O. The molecule has 2 heterocycles. The second-order valence-electron chi connectivity index (χ2n) is 9.25. The number of hydrogen-bond acceptors (Lipinski definition) is 3. The lowest BCUT2D eigenvalue weighted by Gasteiger charge is -2.30. The lowest BCUT2D eigenvalue weighted by molar-refractivity contribution is -0.137. The van der Waals surface area contributed by atoms with E-state index in [-0.39, 0.29) is 23.7 Å². The Kier molecular flexibility index (Phi) is 6.69. The molecule has 0 bridgehead atoms. The minimum absolute atomic E-state index is 0.111. The molecule has 0 spiro atoms. The highest BCUT2D eigenvalue weighted by molar-refractivity contribution is 5.35. The Hall–Kier alpha value is -3.78. The smallest absolute Gasteiger partial charge is 0.293 e. The number of hydrogen-bond donors (Lipinski definition) is 0. The third-order valence-electron chi connectivity index (χ3n) is 6.79. The molecule has 8 heteroatoms. The van der Waals surface area contributed by atoms with Crippen molar-refractivity contribution in [1.82, 2.24) is 14.5 Å². The van der Waals surface area contributed by atoms with Gasteiger partial charge in [0.25, 0.3) is 5.56 Å². The van der Waals surface area contributed by atoms with E-state index >= 15 is 0 Å². The van der Waals surface area contributed by atoms with E-state index in [9.17, 15) is 22.4 Å². The van der Waals surface area contributed by atoms with E-state index in [1.807, 2.05) is 65.6 Å². The van der Waals surface area contributed by atoms with Gasteiger partial charge < -0.3 is 0 Å². The molecule has 0 fully saturated rings. The van der Waals surface area contributed by atoms with Crippen LogP contribution in [0.25, 0.3) is 0 Å². The molecule has 190 valence electrons. The number of aryl methyl sites for hydroxylation is 1. The molecule has 4 nitrogen and oxygen atoms in total. The van der Waals surface area contributed by atoms with Crippen LogP contribution in [0, 0.1) is 12.7 Å². The maximum absolute atomic E-state index is 14.4. The van der Waals surface area contributed by atoms with E-state index in [2.05, 4.69) is 0 Å². The summed E-state index contributed by atoms with van der Waals surface area (Å²) >= 11 is 0. The SMILES string of the molecule is Cc1nc2c(c(=O)n1C(c1ccccc1)c1ccccc1)CCN(Cc1ccc(C(F)(F)F)cc1F)C2. The van der Waals surface area contributed by atoms with E-state index in [1.54, 1.807) is 11.5 Å². The number of fused-ring (bicyclic) bond motifs is 1. The number of aromatic nitrogens is 2. The predicted molar refractivity (Wildman–Crippen MR) is 133 cm³/mol. The van der Waals surface area contributed by atoms with Gasteiger partial charge >= 0.3 is 6.18 Å². The number of nitrogens with zero attached hydrogens (tertiary/aromatic N) is 3. The molecule has 0 radical (unpaired) electrons. The van der Waals surface area contributed by atoms with Crippen molar-refractivity contribution in [2.75, 3.05) is 6.54 Å². The van der Waals surface area contributed by atoms with Gasteiger partial charge in [0.05, 0.1) is 17.3 Å². The van der Waals surface area contributed by atoms with Crippen molar-refractivity contribution in [3.05, 3.63) is 134 Å². The number of rotatable bonds is 5. The molecule has 0 atom stereocenters. The van der Waals surface area contributed by atoms with Crippen LogP contribution in [-0.4, -0.2) is 21.0 Å². The first-order chi connectivity index (χ1) is 17.7. The van der Waals surface area contributed by atoms with Gasteiger partial charge in [-0.2, -0.15) is 13.2 Å². The molecule has 0 aliphatic carbocycles. The van der Waals surface area contributed by atoms with Crippen molar-refractivity contribution in [2.45, 2.75) is 38.7 Å². The molecule has 0 saturated heterocycles. The highest BCUT2D eigenvalue weighted by Gasteiger charge is 2.32. The fourth-order valence-electron chi connectivity index (χ4n) is 4.97. The molecule has 3 aromatic carbocycles. The molecule has 5 rings (SSSR count). The van der Waals surface area contributed by atoms with Gasteiger partial charge in [-0.3, -0.25) is 14.3 Å². The number of benzene rings is 3. The number of halogens is 4. The Morgan fingerprint density at radius 3 is 2.14 bits per heavy atom. The van der Waals surface area contributed by atoms with Crippen LogP contribution in [0.3, 0.4) is 0 Å². The summed E-state index contributed by atoms with van der Waals surface area (Å²) in [6, 6.07) is 21.8. The zero-order valence-electron chi connectivity index (χ0n) is 20.2. The third-order valence-corrected chi connectivity index (χ3v) is 6.79. The molecule has 0 unspecified atom stereocenters. The highest BCUT2D eigenvalue weighted by atomic mass is 19.4. The lowest BCUT2D eigenvalue weighted by Crippen LogP contribution is -2.39. The van der Waals surface area contributed by atoms with Crippen molar-refractivity contribution in [2.24, 2.45) is 0 Å². The molecule has 0 amide bonds. The molecule has 4 aromatic rings. The van der Waals surface area contributed by atoms with Gasteiger partial charge in [-0.1, -0.05) is 66.7 Å². The van der Waals surface area contributed by atoms with E-state index in [4.69, 9.17) is 4.98 Å². The van der Waals surface area contributed by atoms with Gasteiger partial charge in [0.1, 0.15) is 11.6 Å². The van der Waals surface area contributed by atoms with E-state index in [0.29, 0.717) is 42.7 Å². The molecule has 37 heavy (non-hydrogen) atoms. The maximum Gasteiger partial charge on any atom is 0.416 e. The van der Waals surface area contributed by atoms with Crippen molar-refractivity contribution >= 4 is 0 Å². The summed E-state index contributed by atoms with van der Waals surface area (Å²) in [6.07, 6.45) is -4.18. The molecule has 0 N–H and O–H groups in total. The zero-order valence-corrected chi connectivity index (χ0v) is 20.2. The van der Waals surface area contributed by atoms with Gasteiger partial charge in [0.15, 0.2) is 0 Å². The molecular weight excluding hydrogens is 482 g/mol. The van der Waals surface area contributed by atoms with Gasteiger partial charge in [-0.25, -0.2) is 9.37 Å². The summed E-state index contributed by atoms with van der Waals surface area (Å²) in [6.45, 7) is 2.71. The quantitative estimate of drug-likeness (QED) is 0.316. The van der Waals surface area contributed by atoms with Crippen molar-refractivity contribution < 1.29 is 17.6 Å². The first-order valence-corrected chi connectivity index (χ1v) is 12.0. The number of alkyl halides is 3. The van der Waals surface area contributed by atoms with Crippen LogP contribution < -0.4 is 5.56 Å². The Morgan fingerprint density at radius 1 is 0.946 bits per heavy atom. The van der Waals surface area contributed by atoms with Crippen LogP contribution in [0.1, 0.15) is 45.4 Å². The van der Waals surface area contributed by atoms with Crippen LogP contribution in [0.15, 0.2) is 83.7 Å². The van der Waals surface area contributed by atoms with Crippen LogP contribution >= 0.6 is 0 Å². The average molecular weight is 508 g/mol. The van der Waals surface area contributed by atoms with E-state index < -0.39 is 17.6 Å². The van der Waals surface area contributed by atoms with Crippen molar-refractivity contribution in [3.63, 3.8) is 0 Å². The van der Waals surface area contributed by atoms with Crippen LogP contribution in [0.5, 0.6) is 0 Å². The highest BCUT2D eigenvalue weighted by Crippen LogP contribution is 2.31. The Labute approximate surface area is 211 Å². The van der Waals surface area contributed by atoms with E-state index in [0.717, 1.165) is 17.2 Å². The second-order valence-corrected chi connectivity index (χ2v) is 9.25. The summed E-state index contributed by atoms with van der Waals surface area (Å²) < 4.78 is 54.8.